The fourth-order valence-electron chi connectivity index (χ4n) is 2.18. The molecule has 1 aliphatic carbocycles. The lowest BCUT2D eigenvalue weighted by Gasteiger charge is -2.11. The Balaban J connectivity index is 2.31. The van der Waals surface area contributed by atoms with Gasteiger partial charge in [-0.15, -0.1) is 0 Å². The summed E-state index contributed by atoms with van der Waals surface area (Å²) in [5, 5.41) is 0. The van der Waals surface area contributed by atoms with Gasteiger partial charge in [-0.25, -0.2) is 0 Å². The van der Waals surface area contributed by atoms with Crippen LogP contribution in [0.25, 0.3) is 6.08 Å². The minimum atomic E-state index is 0.738. The zero-order valence-corrected chi connectivity index (χ0v) is 7.87. The van der Waals surface area contributed by atoms with E-state index in [2.05, 4.69) is 17.6 Å². The molecular weight excluding hydrogens is 158 g/mol. The summed E-state index contributed by atoms with van der Waals surface area (Å²) in [5.74, 6) is 0.738. The van der Waals surface area contributed by atoms with Crippen molar-refractivity contribution < 1.29 is 0 Å². The molecule has 68 valence electrons. The normalized spacial score (nSPS) is 17.5. The lowest BCUT2D eigenvalue weighted by molar-refractivity contribution is 0.717. The molecule has 1 aliphatic rings. The van der Waals surface area contributed by atoms with E-state index >= 15 is 0 Å². The maximum absolute atomic E-state index is 4.32. The first-order valence-electron chi connectivity index (χ1n) is 4.99. The summed E-state index contributed by atoms with van der Waals surface area (Å²) in [7, 11) is 0. The third kappa shape index (κ3) is 1.64. The maximum atomic E-state index is 4.32. The summed E-state index contributed by atoms with van der Waals surface area (Å²) < 4.78 is 0. The van der Waals surface area contributed by atoms with Crippen LogP contribution in [-0.4, -0.2) is 4.98 Å². The van der Waals surface area contributed by atoms with E-state index in [1.54, 1.807) is 0 Å². The average molecular weight is 173 g/mol. The zero-order chi connectivity index (χ0) is 9.10. The van der Waals surface area contributed by atoms with Crippen LogP contribution in [0.3, 0.4) is 0 Å². The number of nitrogens with zero attached hydrogens (tertiary/aromatic N) is 1. The van der Waals surface area contributed by atoms with E-state index in [-0.39, 0.29) is 0 Å². The Hall–Kier alpha value is -1.11. The molecule has 0 aromatic carbocycles. The van der Waals surface area contributed by atoms with E-state index in [0.29, 0.717) is 0 Å². The van der Waals surface area contributed by atoms with E-state index in [1.165, 1.54) is 31.2 Å². The predicted molar refractivity (Wildman–Crippen MR) is 55.5 cm³/mol. The van der Waals surface area contributed by atoms with Crippen molar-refractivity contribution in [3.63, 3.8) is 0 Å². The van der Waals surface area contributed by atoms with Crippen molar-refractivity contribution in [3.8, 4) is 0 Å². The van der Waals surface area contributed by atoms with Gasteiger partial charge < -0.3 is 0 Å². The van der Waals surface area contributed by atoms with E-state index in [9.17, 15) is 0 Å². The van der Waals surface area contributed by atoms with Gasteiger partial charge >= 0.3 is 0 Å². The molecule has 1 aromatic rings. The average Bonchev–Trinajstić information content (AvgIpc) is 2.70. The van der Waals surface area contributed by atoms with E-state index in [1.807, 2.05) is 18.3 Å². The first kappa shape index (κ1) is 8.49. The topological polar surface area (TPSA) is 12.9 Å². The Labute approximate surface area is 79.5 Å². The molecule has 0 radical (unpaired) electrons. The number of hydrogen-bond acceptors (Lipinski definition) is 1. The van der Waals surface area contributed by atoms with E-state index < -0.39 is 0 Å². The highest BCUT2D eigenvalue weighted by Crippen LogP contribution is 2.35. The van der Waals surface area contributed by atoms with Crippen LogP contribution in [0.2, 0.25) is 0 Å². The van der Waals surface area contributed by atoms with Gasteiger partial charge in [-0.3, -0.25) is 4.98 Å². The van der Waals surface area contributed by atoms with Crippen LogP contribution in [0.5, 0.6) is 0 Å². The van der Waals surface area contributed by atoms with Crippen molar-refractivity contribution in [2.24, 2.45) is 0 Å². The molecule has 1 fully saturated rings. The minimum absolute atomic E-state index is 0.738. The van der Waals surface area contributed by atoms with Crippen LogP contribution in [0.1, 0.15) is 42.9 Å². The van der Waals surface area contributed by atoms with Crippen molar-refractivity contribution in [1.29, 1.82) is 0 Å². The second-order valence-electron chi connectivity index (χ2n) is 3.66. The maximum Gasteiger partial charge on any atom is 0.0658 e. The minimum Gasteiger partial charge on any atom is -0.257 e. The molecule has 0 saturated heterocycles. The molecule has 0 amide bonds. The molecule has 1 nitrogen and oxygen atoms in total. The van der Waals surface area contributed by atoms with Crippen LogP contribution in [-0.2, 0) is 0 Å². The summed E-state index contributed by atoms with van der Waals surface area (Å²) in [5.41, 5.74) is 2.48. The van der Waals surface area contributed by atoms with Crippen LogP contribution < -0.4 is 0 Å². The van der Waals surface area contributed by atoms with Gasteiger partial charge in [0.25, 0.3) is 0 Å². The molecule has 0 N–H and O–H groups in total. The molecule has 2 rings (SSSR count). The predicted octanol–water partition coefficient (Wildman–Crippen LogP) is 3.38. The molecule has 1 aromatic heterocycles. The lowest BCUT2D eigenvalue weighted by atomic mass is 9.96. The molecule has 1 saturated carbocycles. The highest BCUT2D eigenvalue weighted by molar-refractivity contribution is 5.48. The SMILES string of the molecule is C=Cc1ncccc1C1CCCC1. The summed E-state index contributed by atoms with van der Waals surface area (Å²) >= 11 is 0. The molecule has 1 heterocycles. The Kier molecular flexibility index (Phi) is 2.44. The van der Waals surface area contributed by atoms with Crippen LogP contribution in [0.15, 0.2) is 24.9 Å². The van der Waals surface area contributed by atoms with E-state index in [4.69, 9.17) is 0 Å². The Morgan fingerprint density at radius 2 is 2.15 bits per heavy atom. The van der Waals surface area contributed by atoms with Gasteiger partial charge in [-0.2, -0.15) is 0 Å². The Morgan fingerprint density at radius 1 is 1.38 bits per heavy atom. The molecule has 13 heavy (non-hydrogen) atoms. The summed E-state index contributed by atoms with van der Waals surface area (Å²) in [6.45, 7) is 3.80. The molecule has 0 aliphatic heterocycles. The van der Waals surface area contributed by atoms with Crippen molar-refractivity contribution >= 4 is 6.08 Å². The number of hydrogen-bond donors (Lipinski definition) is 0. The smallest absolute Gasteiger partial charge is 0.0658 e. The molecule has 0 spiro atoms. The Bertz CT molecular complexity index is 298. The highest BCUT2D eigenvalue weighted by atomic mass is 14.7. The largest absolute Gasteiger partial charge is 0.257 e. The number of aromatic nitrogens is 1. The third-order valence-corrected chi connectivity index (χ3v) is 2.86. The number of rotatable bonds is 2. The molecule has 0 atom stereocenters. The van der Waals surface area contributed by atoms with Crippen molar-refractivity contribution in [2.45, 2.75) is 31.6 Å². The van der Waals surface area contributed by atoms with Gasteiger partial charge in [0.1, 0.15) is 0 Å². The summed E-state index contributed by atoms with van der Waals surface area (Å²) in [6, 6.07) is 4.22. The standard InChI is InChI=1S/C12H15N/c1-2-12-11(8-5-9-13-12)10-6-3-4-7-10/h2,5,8-10H,1,3-4,6-7H2. The molecule has 0 bridgehead atoms. The van der Waals surface area contributed by atoms with Crippen molar-refractivity contribution in [2.75, 3.05) is 0 Å². The van der Waals surface area contributed by atoms with Gasteiger partial charge in [0.15, 0.2) is 0 Å². The third-order valence-electron chi connectivity index (χ3n) is 2.86. The van der Waals surface area contributed by atoms with Gasteiger partial charge in [-0.1, -0.05) is 25.5 Å². The first-order chi connectivity index (χ1) is 6.42. The van der Waals surface area contributed by atoms with Crippen LogP contribution in [0, 0.1) is 0 Å². The zero-order valence-electron chi connectivity index (χ0n) is 7.87. The second-order valence-corrected chi connectivity index (χ2v) is 3.66. The number of pyridine rings is 1. The van der Waals surface area contributed by atoms with Crippen LogP contribution >= 0.6 is 0 Å². The molecule has 0 unspecified atom stereocenters. The van der Waals surface area contributed by atoms with Gasteiger partial charge in [-0.05, 0) is 36.5 Å². The van der Waals surface area contributed by atoms with Gasteiger partial charge in [0.05, 0.1) is 5.69 Å². The summed E-state index contributed by atoms with van der Waals surface area (Å²) in [6.07, 6.45) is 9.11. The van der Waals surface area contributed by atoms with Crippen molar-refractivity contribution in [1.82, 2.24) is 4.98 Å². The van der Waals surface area contributed by atoms with Crippen LogP contribution in [0.4, 0.5) is 0 Å². The fourth-order valence-corrected chi connectivity index (χ4v) is 2.18. The fraction of sp³-hybridized carbons (Fsp3) is 0.417. The van der Waals surface area contributed by atoms with E-state index in [0.717, 1.165) is 11.6 Å². The quantitative estimate of drug-likeness (QED) is 0.668. The highest BCUT2D eigenvalue weighted by Gasteiger charge is 2.18. The van der Waals surface area contributed by atoms with Gasteiger partial charge in [0.2, 0.25) is 0 Å². The van der Waals surface area contributed by atoms with Crippen molar-refractivity contribution in [3.05, 3.63) is 36.2 Å². The second kappa shape index (κ2) is 3.73. The first-order valence-corrected chi connectivity index (χ1v) is 4.99. The van der Waals surface area contributed by atoms with Gasteiger partial charge in [0, 0.05) is 6.20 Å². The molecule has 1 heteroatoms. The lowest BCUT2D eigenvalue weighted by Crippen LogP contribution is -1.97. The monoisotopic (exact) mass is 173 g/mol. The Morgan fingerprint density at radius 3 is 2.85 bits per heavy atom. The molecular formula is C12H15N. The summed E-state index contributed by atoms with van der Waals surface area (Å²) in [4.78, 5) is 4.32.